The molecule has 4 nitrogen and oxygen atoms in total. The molecule has 0 radical (unpaired) electrons. The van der Waals surface area contributed by atoms with Crippen LogP contribution in [0.15, 0.2) is 60.7 Å². The number of nitrogens with two attached hydrogens (primary N) is 1. The average molecular weight is 343 g/mol. The molecule has 24 heavy (non-hydrogen) atoms. The minimum Gasteiger partial charge on any atom is -0.480 e. The molecule has 2 rings (SSSR count). The second-order valence-electron chi connectivity index (χ2n) is 6.92. The lowest BCUT2D eigenvalue weighted by molar-refractivity contribution is -0.139. The van der Waals surface area contributed by atoms with Crippen LogP contribution in [-0.4, -0.2) is 32.0 Å². The first-order chi connectivity index (χ1) is 11.3. The fourth-order valence-corrected chi connectivity index (χ4v) is 7.63. The van der Waals surface area contributed by atoms with E-state index in [9.17, 15) is 4.79 Å². The summed E-state index contributed by atoms with van der Waals surface area (Å²) >= 11 is 0. The Labute approximate surface area is 144 Å². The zero-order valence-corrected chi connectivity index (χ0v) is 15.4. The molecule has 0 aromatic heterocycles. The molecule has 0 saturated heterocycles. The second kappa shape index (κ2) is 7.30. The summed E-state index contributed by atoms with van der Waals surface area (Å²) < 4.78 is 6.42. The van der Waals surface area contributed by atoms with Crippen molar-refractivity contribution in [3.05, 3.63) is 60.7 Å². The summed E-state index contributed by atoms with van der Waals surface area (Å²) in [5, 5.41) is 11.2. The van der Waals surface area contributed by atoms with Crippen molar-refractivity contribution < 1.29 is 14.3 Å². The van der Waals surface area contributed by atoms with Crippen molar-refractivity contribution in [1.29, 1.82) is 0 Å². The summed E-state index contributed by atoms with van der Waals surface area (Å²) in [5.74, 6) is -1.05. The number of benzene rings is 2. The highest BCUT2D eigenvalue weighted by atomic mass is 28.4. The van der Waals surface area contributed by atoms with Crippen LogP contribution in [0.2, 0.25) is 5.04 Å². The van der Waals surface area contributed by atoms with Gasteiger partial charge in [-0.25, -0.2) is 0 Å². The molecule has 0 fully saturated rings. The molecule has 0 aliphatic heterocycles. The van der Waals surface area contributed by atoms with Crippen molar-refractivity contribution in [2.24, 2.45) is 5.73 Å². The summed E-state index contributed by atoms with van der Waals surface area (Å²) in [5.41, 5.74) is 5.72. The quantitative estimate of drug-likeness (QED) is 0.787. The first kappa shape index (κ1) is 18.4. The van der Waals surface area contributed by atoms with E-state index in [1.165, 1.54) is 0 Å². The highest BCUT2D eigenvalue weighted by molar-refractivity contribution is 6.99. The van der Waals surface area contributed by atoms with E-state index in [-0.39, 0.29) is 11.6 Å². The number of hydrogen-bond acceptors (Lipinski definition) is 3. The van der Waals surface area contributed by atoms with E-state index < -0.39 is 20.3 Å². The zero-order valence-electron chi connectivity index (χ0n) is 14.4. The van der Waals surface area contributed by atoms with E-state index in [0.29, 0.717) is 0 Å². The predicted molar refractivity (Wildman–Crippen MR) is 99.2 cm³/mol. The molecule has 0 bridgehead atoms. The molecule has 1 atom stereocenters. The van der Waals surface area contributed by atoms with Crippen LogP contribution in [0.3, 0.4) is 0 Å². The van der Waals surface area contributed by atoms with Crippen LogP contribution in [0.4, 0.5) is 0 Å². The number of carboxylic acids is 1. The Morgan fingerprint density at radius 2 is 1.46 bits per heavy atom. The van der Waals surface area contributed by atoms with E-state index in [4.69, 9.17) is 15.3 Å². The van der Waals surface area contributed by atoms with Crippen molar-refractivity contribution in [1.82, 2.24) is 0 Å². The van der Waals surface area contributed by atoms with E-state index in [0.717, 1.165) is 10.4 Å². The Bertz CT molecular complexity index is 629. The van der Waals surface area contributed by atoms with Gasteiger partial charge in [-0.05, 0) is 15.4 Å². The van der Waals surface area contributed by atoms with Crippen molar-refractivity contribution in [2.75, 3.05) is 6.61 Å². The van der Waals surface area contributed by atoms with Gasteiger partial charge in [-0.1, -0.05) is 81.4 Å². The van der Waals surface area contributed by atoms with Crippen molar-refractivity contribution in [3.8, 4) is 0 Å². The van der Waals surface area contributed by atoms with E-state index in [1.807, 2.05) is 36.4 Å². The van der Waals surface area contributed by atoms with Gasteiger partial charge in [0.2, 0.25) is 0 Å². The van der Waals surface area contributed by atoms with Gasteiger partial charge in [-0.3, -0.25) is 4.79 Å². The summed E-state index contributed by atoms with van der Waals surface area (Å²) in [7, 11) is -2.70. The van der Waals surface area contributed by atoms with Gasteiger partial charge in [0.05, 0.1) is 6.61 Å². The van der Waals surface area contributed by atoms with E-state index in [2.05, 4.69) is 45.0 Å². The third kappa shape index (κ3) is 3.58. The molecule has 5 heteroatoms. The number of hydrogen-bond donors (Lipinski definition) is 2. The maximum absolute atomic E-state index is 11.1. The monoisotopic (exact) mass is 343 g/mol. The summed E-state index contributed by atoms with van der Waals surface area (Å²) in [6, 6.07) is 19.1. The molecule has 0 unspecified atom stereocenters. The molecule has 0 heterocycles. The Kier molecular flexibility index (Phi) is 5.59. The lowest BCUT2D eigenvalue weighted by Crippen LogP contribution is -2.67. The summed E-state index contributed by atoms with van der Waals surface area (Å²) in [4.78, 5) is 11.1. The average Bonchev–Trinajstić information content (AvgIpc) is 2.56. The van der Waals surface area contributed by atoms with Gasteiger partial charge in [-0.15, -0.1) is 0 Å². The maximum atomic E-state index is 11.1. The maximum Gasteiger partial charge on any atom is 0.322 e. The number of carboxylic acid groups (broad SMARTS) is 1. The Morgan fingerprint density at radius 3 is 1.79 bits per heavy atom. The molecule has 0 saturated carbocycles. The molecular formula is C19H25NO3Si. The molecule has 0 amide bonds. The molecule has 0 aliphatic rings. The fraction of sp³-hybridized carbons (Fsp3) is 0.316. The largest absolute Gasteiger partial charge is 0.480 e. The molecule has 0 aliphatic carbocycles. The summed E-state index contributed by atoms with van der Waals surface area (Å²) in [6.45, 7) is 6.42. The van der Waals surface area contributed by atoms with Gasteiger partial charge in [0.15, 0.2) is 0 Å². The van der Waals surface area contributed by atoms with Gasteiger partial charge in [-0.2, -0.15) is 0 Å². The molecular weight excluding hydrogens is 318 g/mol. The van der Waals surface area contributed by atoms with E-state index in [1.54, 1.807) is 0 Å². The van der Waals surface area contributed by atoms with Crippen LogP contribution in [0.1, 0.15) is 20.8 Å². The van der Waals surface area contributed by atoms with Crippen LogP contribution in [-0.2, 0) is 9.22 Å². The summed E-state index contributed by atoms with van der Waals surface area (Å²) in [6.07, 6.45) is 0. The highest BCUT2D eigenvalue weighted by Gasteiger charge is 2.50. The van der Waals surface area contributed by atoms with Gasteiger partial charge >= 0.3 is 5.97 Å². The standard InChI is InChI=1S/C19H25NO3Si/c1-19(2,3)24(15-10-6-4-7-11-15,16-12-8-5-9-13-16)23-14-17(20)18(21)22/h4-13,17H,14,20H2,1-3H3,(H,21,22)/t17-/m1/s1. The van der Waals surface area contributed by atoms with Crippen molar-refractivity contribution in [3.63, 3.8) is 0 Å². The normalized spacial score (nSPS) is 13.5. The van der Waals surface area contributed by atoms with Crippen LogP contribution in [0.5, 0.6) is 0 Å². The topological polar surface area (TPSA) is 72.5 Å². The van der Waals surface area contributed by atoms with Crippen LogP contribution < -0.4 is 16.1 Å². The van der Waals surface area contributed by atoms with Crippen molar-refractivity contribution >= 4 is 24.7 Å². The highest BCUT2D eigenvalue weighted by Crippen LogP contribution is 2.36. The molecule has 0 spiro atoms. The molecule has 2 aromatic rings. The zero-order chi connectivity index (χ0) is 17.8. The lowest BCUT2D eigenvalue weighted by Gasteiger charge is -2.43. The van der Waals surface area contributed by atoms with Gasteiger partial charge in [0.25, 0.3) is 8.32 Å². The Morgan fingerprint density at radius 1 is 1.04 bits per heavy atom. The Hall–Kier alpha value is -1.95. The molecule has 2 aromatic carbocycles. The van der Waals surface area contributed by atoms with Crippen molar-refractivity contribution in [2.45, 2.75) is 31.9 Å². The van der Waals surface area contributed by atoms with Crippen LogP contribution >= 0.6 is 0 Å². The van der Waals surface area contributed by atoms with Gasteiger partial charge in [0, 0.05) is 0 Å². The Balaban J connectivity index is 2.59. The third-order valence-electron chi connectivity index (χ3n) is 4.21. The molecule has 128 valence electrons. The smallest absolute Gasteiger partial charge is 0.322 e. The third-order valence-corrected chi connectivity index (χ3v) is 9.22. The van der Waals surface area contributed by atoms with E-state index >= 15 is 0 Å². The van der Waals surface area contributed by atoms with Crippen LogP contribution in [0.25, 0.3) is 0 Å². The number of rotatable bonds is 6. The number of aliphatic carboxylic acids is 1. The first-order valence-corrected chi connectivity index (χ1v) is 9.93. The molecule has 3 N–H and O–H groups in total. The first-order valence-electron chi connectivity index (χ1n) is 8.02. The van der Waals surface area contributed by atoms with Gasteiger partial charge in [0.1, 0.15) is 6.04 Å². The van der Waals surface area contributed by atoms with Crippen LogP contribution in [0, 0.1) is 0 Å². The minimum atomic E-state index is -2.70. The van der Waals surface area contributed by atoms with Gasteiger partial charge < -0.3 is 15.3 Å². The lowest BCUT2D eigenvalue weighted by atomic mass is 10.2. The predicted octanol–water partition coefficient (Wildman–Crippen LogP) is 1.97. The fourth-order valence-electron chi connectivity index (χ4n) is 3.05. The number of carbonyl (C=O) groups is 1. The minimum absolute atomic E-state index is 0.0113. The second-order valence-corrected chi connectivity index (χ2v) is 11.2. The SMILES string of the molecule is CC(C)(C)[Si](OC[C@@H](N)C(=O)O)(c1ccccc1)c1ccccc1.